The molecule has 0 saturated heterocycles. The highest BCUT2D eigenvalue weighted by Crippen LogP contribution is 2.28. The van der Waals surface area contributed by atoms with E-state index in [9.17, 15) is 4.39 Å². The van der Waals surface area contributed by atoms with Crippen LogP contribution in [0.4, 0.5) is 10.1 Å². The molecule has 0 saturated carbocycles. The van der Waals surface area contributed by atoms with Crippen molar-refractivity contribution >= 4 is 5.69 Å². The summed E-state index contributed by atoms with van der Waals surface area (Å²) in [7, 11) is 1.74. The van der Waals surface area contributed by atoms with Crippen LogP contribution in [0, 0.1) is 12.7 Å². The fourth-order valence-electron chi connectivity index (χ4n) is 1.39. The third-order valence-corrected chi connectivity index (χ3v) is 2.24. The minimum atomic E-state index is -0.304. The molecule has 0 radical (unpaired) electrons. The SMILES string of the molecule is Cc1nn(C)c(Oc2ccc(F)cc2)c1N. The zero-order chi connectivity index (χ0) is 11.7. The average molecular weight is 221 g/mol. The van der Waals surface area contributed by atoms with E-state index < -0.39 is 0 Å². The number of nitrogens with two attached hydrogens (primary N) is 1. The van der Waals surface area contributed by atoms with Crippen LogP contribution in [-0.4, -0.2) is 9.78 Å². The van der Waals surface area contributed by atoms with Crippen molar-refractivity contribution in [1.29, 1.82) is 0 Å². The molecule has 0 unspecified atom stereocenters. The Labute approximate surface area is 92.4 Å². The third kappa shape index (κ3) is 1.84. The Hall–Kier alpha value is -2.04. The molecule has 2 aromatic rings. The topological polar surface area (TPSA) is 53.1 Å². The van der Waals surface area contributed by atoms with Gasteiger partial charge >= 0.3 is 0 Å². The van der Waals surface area contributed by atoms with Gasteiger partial charge in [-0.05, 0) is 31.2 Å². The summed E-state index contributed by atoms with van der Waals surface area (Å²) in [5.41, 5.74) is 7.00. The molecule has 1 aromatic heterocycles. The van der Waals surface area contributed by atoms with Crippen molar-refractivity contribution in [1.82, 2.24) is 9.78 Å². The summed E-state index contributed by atoms with van der Waals surface area (Å²) in [6.07, 6.45) is 0. The van der Waals surface area contributed by atoms with E-state index in [-0.39, 0.29) is 5.82 Å². The predicted octanol–water partition coefficient (Wildman–Crippen LogP) is 2.24. The molecule has 4 nitrogen and oxygen atoms in total. The van der Waals surface area contributed by atoms with Crippen molar-refractivity contribution in [2.24, 2.45) is 7.05 Å². The normalized spacial score (nSPS) is 10.4. The Bertz CT molecular complexity index is 505. The molecule has 0 aliphatic rings. The molecule has 84 valence electrons. The number of halogens is 1. The van der Waals surface area contributed by atoms with Crippen LogP contribution in [-0.2, 0) is 7.05 Å². The smallest absolute Gasteiger partial charge is 0.241 e. The molecule has 2 N–H and O–H groups in total. The maximum Gasteiger partial charge on any atom is 0.241 e. The van der Waals surface area contributed by atoms with Crippen LogP contribution in [0.3, 0.4) is 0 Å². The molecule has 0 spiro atoms. The molecule has 0 fully saturated rings. The lowest BCUT2D eigenvalue weighted by Gasteiger charge is -2.06. The summed E-state index contributed by atoms with van der Waals surface area (Å²) in [5, 5.41) is 4.12. The van der Waals surface area contributed by atoms with Gasteiger partial charge in [0.25, 0.3) is 0 Å². The van der Waals surface area contributed by atoms with E-state index in [1.54, 1.807) is 18.7 Å². The van der Waals surface area contributed by atoms with Crippen LogP contribution in [0.2, 0.25) is 0 Å². The number of anilines is 1. The Morgan fingerprint density at radius 3 is 2.44 bits per heavy atom. The highest BCUT2D eigenvalue weighted by molar-refractivity contribution is 5.53. The monoisotopic (exact) mass is 221 g/mol. The van der Waals surface area contributed by atoms with Crippen LogP contribution >= 0.6 is 0 Å². The number of rotatable bonds is 2. The first-order valence-electron chi connectivity index (χ1n) is 4.80. The lowest BCUT2D eigenvalue weighted by atomic mass is 10.3. The molecule has 2 rings (SSSR count). The standard InChI is InChI=1S/C11H12FN3O/c1-7-10(13)11(15(2)14-7)16-9-5-3-8(12)4-6-9/h3-6H,13H2,1-2H3. The number of nitrogens with zero attached hydrogens (tertiary/aromatic N) is 2. The van der Waals surface area contributed by atoms with Crippen molar-refractivity contribution < 1.29 is 9.13 Å². The number of benzene rings is 1. The van der Waals surface area contributed by atoms with Gasteiger partial charge < -0.3 is 10.5 Å². The molecule has 0 atom stereocenters. The third-order valence-electron chi connectivity index (χ3n) is 2.24. The van der Waals surface area contributed by atoms with Gasteiger partial charge in [0.15, 0.2) is 0 Å². The fourth-order valence-corrected chi connectivity index (χ4v) is 1.39. The van der Waals surface area contributed by atoms with Gasteiger partial charge in [0.2, 0.25) is 5.88 Å². The minimum Gasteiger partial charge on any atom is -0.437 e. The van der Waals surface area contributed by atoms with Crippen molar-refractivity contribution in [3.8, 4) is 11.6 Å². The van der Waals surface area contributed by atoms with Gasteiger partial charge in [-0.1, -0.05) is 0 Å². The molecule has 5 heteroatoms. The van der Waals surface area contributed by atoms with Crippen molar-refractivity contribution in [2.75, 3.05) is 5.73 Å². The average Bonchev–Trinajstić information content (AvgIpc) is 2.48. The van der Waals surface area contributed by atoms with E-state index in [0.29, 0.717) is 23.0 Å². The van der Waals surface area contributed by atoms with Gasteiger partial charge in [0.1, 0.15) is 17.3 Å². The molecule has 0 aliphatic carbocycles. The predicted molar refractivity (Wildman–Crippen MR) is 58.8 cm³/mol. The number of hydrogen-bond acceptors (Lipinski definition) is 3. The van der Waals surface area contributed by atoms with Crippen LogP contribution < -0.4 is 10.5 Å². The second kappa shape index (κ2) is 3.84. The fraction of sp³-hybridized carbons (Fsp3) is 0.182. The Kier molecular flexibility index (Phi) is 2.52. The molecule has 16 heavy (non-hydrogen) atoms. The zero-order valence-corrected chi connectivity index (χ0v) is 9.07. The summed E-state index contributed by atoms with van der Waals surface area (Å²) in [6.45, 7) is 1.80. The van der Waals surface area contributed by atoms with E-state index >= 15 is 0 Å². The second-order valence-electron chi connectivity index (χ2n) is 3.48. The summed E-state index contributed by atoms with van der Waals surface area (Å²) in [5.74, 6) is 0.682. The quantitative estimate of drug-likeness (QED) is 0.846. The van der Waals surface area contributed by atoms with E-state index in [1.165, 1.54) is 24.3 Å². The van der Waals surface area contributed by atoms with Gasteiger partial charge in [-0.25, -0.2) is 9.07 Å². The lowest BCUT2D eigenvalue weighted by Crippen LogP contribution is -1.97. The molecular weight excluding hydrogens is 209 g/mol. The van der Waals surface area contributed by atoms with E-state index in [2.05, 4.69) is 5.10 Å². The van der Waals surface area contributed by atoms with Gasteiger partial charge in [-0.3, -0.25) is 0 Å². The highest BCUT2D eigenvalue weighted by atomic mass is 19.1. The Balaban J connectivity index is 2.30. The first-order valence-corrected chi connectivity index (χ1v) is 4.80. The molecule has 0 amide bonds. The first kappa shape index (κ1) is 10.5. The van der Waals surface area contributed by atoms with Crippen LogP contribution in [0.15, 0.2) is 24.3 Å². The van der Waals surface area contributed by atoms with Crippen molar-refractivity contribution in [2.45, 2.75) is 6.92 Å². The van der Waals surface area contributed by atoms with E-state index in [1.807, 2.05) is 0 Å². The van der Waals surface area contributed by atoms with Gasteiger partial charge in [0, 0.05) is 7.05 Å². The van der Waals surface area contributed by atoms with E-state index in [0.717, 1.165) is 0 Å². The number of ether oxygens (including phenoxy) is 1. The van der Waals surface area contributed by atoms with Crippen LogP contribution in [0.25, 0.3) is 0 Å². The number of aryl methyl sites for hydroxylation is 2. The highest BCUT2D eigenvalue weighted by Gasteiger charge is 2.11. The molecule has 0 bridgehead atoms. The van der Waals surface area contributed by atoms with Gasteiger partial charge in [0.05, 0.1) is 5.69 Å². The van der Waals surface area contributed by atoms with Crippen molar-refractivity contribution in [3.63, 3.8) is 0 Å². The number of hydrogen-bond donors (Lipinski definition) is 1. The number of aromatic nitrogens is 2. The number of nitrogen functional groups attached to an aromatic ring is 1. The summed E-state index contributed by atoms with van der Waals surface area (Å²) >= 11 is 0. The zero-order valence-electron chi connectivity index (χ0n) is 9.07. The lowest BCUT2D eigenvalue weighted by molar-refractivity contribution is 0.431. The maximum atomic E-state index is 12.7. The first-order chi connectivity index (χ1) is 7.58. The largest absolute Gasteiger partial charge is 0.437 e. The summed E-state index contributed by atoms with van der Waals surface area (Å²) in [4.78, 5) is 0. The van der Waals surface area contributed by atoms with Gasteiger partial charge in [-0.2, -0.15) is 5.10 Å². The van der Waals surface area contributed by atoms with Crippen LogP contribution in [0.1, 0.15) is 5.69 Å². The summed E-state index contributed by atoms with van der Waals surface area (Å²) < 4.78 is 19.8. The van der Waals surface area contributed by atoms with Gasteiger partial charge in [-0.15, -0.1) is 0 Å². The maximum absolute atomic E-state index is 12.7. The molecule has 0 aliphatic heterocycles. The van der Waals surface area contributed by atoms with Crippen molar-refractivity contribution in [3.05, 3.63) is 35.8 Å². The molecule has 1 heterocycles. The minimum absolute atomic E-state index is 0.304. The Morgan fingerprint density at radius 1 is 1.31 bits per heavy atom. The van der Waals surface area contributed by atoms with Crippen LogP contribution in [0.5, 0.6) is 11.6 Å². The second-order valence-corrected chi connectivity index (χ2v) is 3.48. The molecular formula is C11H12FN3O. The summed E-state index contributed by atoms with van der Waals surface area (Å²) in [6, 6.07) is 5.73. The molecule has 1 aromatic carbocycles. The van der Waals surface area contributed by atoms with E-state index in [4.69, 9.17) is 10.5 Å². The Morgan fingerprint density at radius 2 is 1.94 bits per heavy atom.